The fourth-order valence-electron chi connectivity index (χ4n) is 2.38. The molecule has 0 bridgehead atoms. The van der Waals surface area contributed by atoms with Gasteiger partial charge in [0.05, 0.1) is 5.60 Å². The van der Waals surface area contributed by atoms with Crippen molar-refractivity contribution >= 4 is 22.5 Å². The van der Waals surface area contributed by atoms with Crippen LogP contribution in [0.25, 0.3) is 0 Å². The maximum absolute atomic E-state index is 11.7. The van der Waals surface area contributed by atoms with E-state index in [0.29, 0.717) is 17.6 Å². The summed E-state index contributed by atoms with van der Waals surface area (Å²) >= 11 is 1.43. The lowest BCUT2D eigenvalue weighted by molar-refractivity contribution is 0.0506. The Morgan fingerprint density at radius 2 is 2.11 bits per heavy atom. The Balaban J connectivity index is 1.47. The van der Waals surface area contributed by atoms with Gasteiger partial charge in [-0.05, 0) is 25.7 Å². The molecule has 0 atom stereocenters. The molecule has 3 N–H and O–H groups in total. The summed E-state index contributed by atoms with van der Waals surface area (Å²) in [6.07, 6.45) is 5.93. The summed E-state index contributed by atoms with van der Waals surface area (Å²) < 4.78 is 0. The zero-order valence-corrected chi connectivity index (χ0v) is 11.5. The van der Waals surface area contributed by atoms with E-state index in [1.807, 2.05) is 0 Å². The Kier molecular flexibility index (Phi) is 3.40. The highest BCUT2D eigenvalue weighted by molar-refractivity contribution is 7.15. The fraction of sp³-hybridized carbons (Fsp3) is 0.750. The number of rotatable bonds is 4. The van der Waals surface area contributed by atoms with Gasteiger partial charge in [-0.25, -0.2) is 4.79 Å². The molecule has 0 aliphatic heterocycles. The summed E-state index contributed by atoms with van der Waals surface area (Å²) in [6, 6.07) is -0.321. The monoisotopic (exact) mass is 282 g/mol. The van der Waals surface area contributed by atoms with Crippen molar-refractivity contribution in [2.24, 2.45) is 0 Å². The number of hydrogen-bond donors (Lipinski definition) is 3. The van der Waals surface area contributed by atoms with Gasteiger partial charge in [0.15, 0.2) is 0 Å². The lowest BCUT2D eigenvalue weighted by Crippen LogP contribution is -2.42. The van der Waals surface area contributed by atoms with E-state index in [1.165, 1.54) is 24.2 Å². The molecule has 2 aliphatic rings. The van der Waals surface area contributed by atoms with Gasteiger partial charge in [0, 0.05) is 12.5 Å². The van der Waals surface area contributed by atoms with E-state index in [-0.39, 0.29) is 6.03 Å². The zero-order valence-electron chi connectivity index (χ0n) is 10.7. The average molecular weight is 282 g/mol. The first-order valence-corrected chi connectivity index (χ1v) is 7.57. The molecule has 2 amide bonds. The minimum Gasteiger partial charge on any atom is -0.388 e. The van der Waals surface area contributed by atoms with Gasteiger partial charge < -0.3 is 10.4 Å². The molecule has 1 aromatic rings. The van der Waals surface area contributed by atoms with Crippen LogP contribution in [-0.2, 0) is 0 Å². The number of anilines is 1. The van der Waals surface area contributed by atoms with Crippen LogP contribution in [0.5, 0.6) is 0 Å². The summed E-state index contributed by atoms with van der Waals surface area (Å²) in [5, 5.41) is 25.0. The van der Waals surface area contributed by atoms with Crippen molar-refractivity contribution in [3.8, 4) is 0 Å². The number of hydrogen-bond acceptors (Lipinski definition) is 5. The van der Waals surface area contributed by atoms with Crippen LogP contribution in [0.2, 0.25) is 0 Å². The van der Waals surface area contributed by atoms with Crippen LogP contribution in [0.4, 0.5) is 9.93 Å². The molecule has 0 spiro atoms. The Labute approximate surface area is 115 Å². The number of amides is 2. The van der Waals surface area contributed by atoms with E-state index >= 15 is 0 Å². The van der Waals surface area contributed by atoms with E-state index in [1.54, 1.807) is 0 Å². The SMILES string of the molecule is O=C(NCC1(O)CCCC1)Nc1nnc(C2CC2)s1. The predicted molar refractivity (Wildman–Crippen MR) is 72.3 cm³/mol. The third-order valence-electron chi connectivity index (χ3n) is 3.70. The van der Waals surface area contributed by atoms with Gasteiger partial charge >= 0.3 is 6.03 Å². The van der Waals surface area contributed by atoms with Gasteiger partial charge in [0.25, 0.3) is 0 Å². The third-order valence-corrected chi connectivity index (χ3v) is 4.70. The molecule has 0 saturated heterocycles. The van der Waals surface area contributed by atoms with Crippen molar-refractivity contribution in [1.29, 1.82) is 0 Å². The van der Waals surface area contributed by atoms with Crippen LogP contribution in [0.3, 0.4) is 0 Å². The highest BCUT2D eigenvalue weighted by atomic mass is 32.1. The van der Waals surface area contributed by atoms with Crippen molar-refractivity contribution in [2.75, 3.05) is 11.9 Å². The van der Waals surface area contributed by atoms with Crippen molar-refractivity contribution in [2.45, 2.75) is 50.0 Å². The highest BCUT2D eigenvalue weighted by Gasteiger charge is 2.31. The average Bonchev–Trinajstić information content (AvgIpc) is 2.99. The number of urea groups is 1. The number of aliphatic hydroxyl groups is 1. The normalized spacial score (nSPS) is 21.3. The molecule has 7 heteroatoms. The Morgan fingerprint density at radius 1 is 1.37 bits per heavy atom. The number of nitrogens with zero attached hydrogens (tertiary/aromatic N) is 2. The first-order chi connectivity index (χ1) is 9.15. The van der Waals surface area contributed by atoms with E-state index in [2.05, 4.69) is 20.8 Å². The second-order valence-electron chi connectivity index (χ2n) is 5.46. The number of aromatic nitrogens is 2. The van der Waals surface area contributed by atoms with Crippen LogP contribution >= 0.6 is 11.3 Å². The fourth-order valence-corrected chi connectivity index (χ4v) is 3.28. The van der Waals surface area contributed by atoms with Gasteiger partial charge in [-0.3, -0.25) is 5.32 Å². The van der Waals surface area contributed by atoms with E-state index in [0.717, 1.165) is 30.7 Å². The second kappa shape index (κ2) is 5.05. The molecule has 6 nitrogen and oxygen atoms in total. The third kappa shape index (κ3) is 3.22. The molecule has 2 saturated carbocycles. The molecule has 1 heterocycles. The van der Waals surface area contributed by atoms with Crippen LogP contribution in [0.1, 0.15) is 49.5 Å². The quantitative estimate of drug-likeness (QED) is 0.786. The molecule has 2 fully saturated rings. The van der Waals surface area contributed by atoms with Crippen molar-refractivity contribution < 1.29 is 9.90 Å². The molecule has 2 aliphatic carbocycles. The molecule has 1 aromatic heterocycles. The maximum Gasteiger partial charge on any atom is 0.321 e. The highest BCUT2D eigenvalue weighted by Crippen LogP contribution is 2.42. The summed E-state index contributed by atoms with van der Waals surface area (Å²) in [5.74, 6) is 0.551. The molecule has 19 heavy (non-hydrogen) atoms. The molecule has 3 rings (SSSR count). The molecule has 0 radical (unpaired) electrons. The summed E-state index contributed by atoms with van der Waals surface area (Å²) in [4.78, 5) is 11.7. The van der Waals surface area contributed by atoms with Gasteiger partial charge in [-0.1, -0.05) is 24.2 Å². The maximum atomic E-state index is 11.7. The minimum absolute atomic E-state index is 0.299. The van der Waals surface area contributed by atoms with Gasteiger partial charge in [-0.2, -0.15) is 0 Å². The van der Waals surface area contributed by atoms with E-state index < -0.39 is 5.60 Å². The van der Waals surface area contributed by atoms with E-state index in [9.17, 15) is 9.90 Å². The van der Waals surface area contributed by atoms with Crippen molar-refractivity contribution in [3.05, 3.63) is 5.01 Å². The van der Waals surface area contributed by atoms with Crippen molar-refractivity contribution in [1.82, 2.24) is 15.5 Å². The Hall–Kier alpha value is -1.21. The van der Waals surface area contributed by atoms with Gasteiger partial charge in [0.2, 0.25) is 5.13 Å². The Bertz CT molecular complexity index is 466. The molecule has 0 aromatic carbocycles. The molecule has 104 valence electrons. The smallest absolute Gasteiger partial charge is 0.321 e. The zero-order chi connectivity index (χ0) is 13.3. The molecule has 0 unspecified atom stereocenters. The predicted octanol–water partition coefficient (Wildman–Crippen LogP) is 1.84. The molecular formula is C12H18N4O2S. The minimum atomic E-state index is -0.725. The van der Waals surface area contributed by atoms with Crippen LogP contribution in [0.15, 0.2) is 0 Å². The Morgan fingerprint density at radius 3 is 2.79 bits per heavy atom. The topological polar surface area (TPSA) is 87.1 Å². The van der Waals surface area contributed by atoms with Crippen molar-refractivity contribution in [3.63, 3.8) is 0 Å². The number of carbonyl (C=O) groups is 1. The first-order valence-electron chi connectivity index (χ1n) is 6.75. The van der Waals surface area contributed by atoms with Crippen LogP contribution in [0, 0.1) is 0 Å². The van der Waals surface area contributed by atoms with Crippen LogP contribution in [-0.4, -0.2) is 33.5 Å². The molecular weight excluding hydrogens is 264 g/mol. The van der Waals surface area contributed by atoms with E-state index in [4.69, 9.17) is 0 Å². The second-order valence-corrected chi connectivity index (χ2v) is 6.47. The first kappa shape index (κ1) is 12.8. The number of carbonyl (C=O) groups excluding carboxylic acids is 1. The lowest BCUT2D eigenvalue weighted by atomic mass is 10.0. The van der Waals surface area contributed by atoms with Gasteiger partial charge in [0.1, 0.15) is 5.01 Å². The number of nitrogens with one attached hydrogen (secondary N) is 2. The van der Waals surface area contributed by atoms with Gasteiger partial charge in [-0.15, -0.1) is 10.2 Å². The largest absolute Gasteiger partial charge is 0.388 e. The summed E-state index contributed by atoms with van der Waals surface area (Å²) in [5.41, 5.74) is -0.725. The lowest BCUT2D eigenvalue weighted by Gasteiger charge is -2.22. The standard InChI is InChI=1S/C12H18N4O2S/c17-10(13-7-12(18)5-1-2-6-12)14-11-16-15-9(19-11)8-3-4-8/h8,18H,1-7H2,(H2,13,14,16,17). The van der Waals surface area contributed by atoms with Crippen LogP contribution < -0.4 is 10.6 Å². The summed E-state index contributed by atoms with van der Waals surface area (Å²) in [6.45, 7) is 0.299. The summed E-state index contributed by atoms with van der Waals surface area (Å²) in [7, 11) is 0.